The quantitative estimate of drug-likeness (QED) is 0.710. The van der Waals surface area contributed by atoms with E-state index in [1.165, 1.54) is 5.56 Å². The van der Waals surface area contributed by atoms with Crippen LogP contribution in [0.3, 0.4) is 0 Å². The first-order valence-electron chi connectivity index (χ1n) is 8.69. The van der Waals surface area contributed by atoms with Gasteiger partial charge in [0.25, 0.3) is 0 Å². The first-order valence-corrected chi connectivity index (χ1v) is 8.69. The molecule has 0 aliphatic carbocycles. The first kappa shape index (κ1) is 20.7. The van der Waals surface area contributed by atoms with E-state index < -0.39 is 0 Å². The van der Waals surface area contributed by atoms with E-state index in [9.17, 15) is 4.79 Å². The molecule has 6 heteroatoms. The predicted molar refractivity (Wildman–Crippen MR) is 100 cm³/mol. The molecule has 0 atom stereocenters. The van der Waals surface area contributed by atoms with E-state index in [2.05, 4.69) is 22.5 Å². The number of carbonyl (C=O) groups is 1. The first-order chi connectivity index (χ1) is 11.3. The Morgan fingerprint density at radius 1 is 1.25 bits per heavy atom. The van der Waals surface area contributed by atoms with Gasteiger partial charge in [0.1, 0.15) is 5.75 Å². The summed E-state index contributed by atoms with van der Waals surface area (Å²) in [5.74, 6) is 1.03. The zero-order valence-corrected chi connectivity index (χ0v) is 15.4. The van der Waals surface area contributed by atoms with Crippen molar-refractivity contribution < 1.29 is 9.53 Å². The van der Waals surface area contributed by atoms with Crippen LogP contribution in [0.2, 0.25) is 0 Å². The summed E-state index contributed by atoms with van der Waals surface area (Å²) in [5.41, 5.74) is 1.17. The lowest BCUT2D eigenvalue weighted by Crippen LogP contribution is -2.46. The Morgan fingerprint density at radius 2 is 1.96 bits per heavy atom. The van der Waals surface area contributed by atoms with Gasteiger partial charge in [-0.1, -0.05) is 19.1 Å². The summed E-state index contributed by atoms with van der Waals surface area (Å²) in [7, 11) is 0. The number of rotatable bonds is 9. The molecule has 1 aromatic rings. The van der Waals surface area contributed by atoms with Crippen LogP contribution in [0.15, 0.2) is 24.3 Å². The van der Waals surface area contributed by atoms with Crippen LogP contribution in [-0.4, -0.2) is 56.7 Å². The number of aryl methyl sites for hydroxylation is 1. The summed E-state index contributed by atoms with van der Waals surface area (Å²) in [6.07, 6.45) is 2.32. The number of hydrogen-bond acceptors (Lipinski definition) is 4. The molecule has 1 heterocycles. The third-order valence-electron chi connectivity index (χ3n) is 4.00. The van der Waals surface area contributed by atoms with Crippen LogP contribution in [0.25, 0.3) is 0 Å². The van der Waals surface area contributed by atoms with Crippen molar-refractivity contribution in [1.29, 1.82) is 0 Å². The Kier molecular flexibility index (Phi) is 10.5. The number of benzene rings is 1. The molecule has 1 amide bonds. The molecule has 0 saturated carbocycles. The Bertz CT molecular complexity index is 462. The molecule has 5 nitrogen and oxygen atoms in total. The third-order valence-corrected chi connectivity index (χ3v) is 4.00. The van der Waals surface area contributed by atoms with Gasteiger partial charge in [-0.2, -0.15) is 0 Å². The summed E-state index contributed by atoms with van der Waals surface area (Å²) in [5, 5.41) is 6.34. The lowest BCUT2D eigenvalue weighted by molar-refractivity contribution is -0.121. The van der Waals surface area contributed by atoms with E-state index >= 15 is 0 Å². The number of halogens is 1. The molecular weight excluding hydrogens is 326 g/mol. The highest BCUT2D eigenvalue weighted by Gasteiger charge is 2.09. The van der Waals surface area contributed by atoms with Gasteiger partial charge in [0.15, 0.2) is 0 Å². The lowest BCUT2D eigenvalue weighted by Gasteiger charge is -2.27. The molecule has 1 aliphatic rings. The van der Waals surface area contributed by atoms with E-state index in [1.54, 1.807) is 0 Å². The third kappa shape index (κ3) is 7.99. The molecule has 0 spiro atoms. The van der Waals surface area contributed by atoms with Gasteiger partial charge >= 0.3 is 0 Å². The second-order valence-corrected chi connectivity index (χ2v) is 5.93. The summed E-state index contributed by atoms with van der Waals surface area (Å²) < 4.78 is 5.56. The molecular formula is C18H30ClN3O2. The molecule has 2 N–H and O–H groups in total. The Hall–Kier alpha value is -1.30. The molecule has 2 rings (SSSR count). The lowest BCUT2D eigenvalue weighted by atomic mass is 10.1. The topological polar surface area (TPSA) is 53.6 Å². The minimum atomic E-state index is 0. The van der Waals surface area contributed by atoms with Gasteiger partial charge in [-0.15, -0.1) is 12.4 Å². The Morgan fingerprint density at radius 3 is 2.62 bits per heavy atom. The second-order valence-electron chi connectivity index (χ2n) is 5.93. The molecule has 1 fully saturated rings. The number of carbonyl (C=O) groups excluding carboxylic acids is 1. The standard InChI is InChI=1S/C18H29N3O2.ClH/c1-2-15-23-17-6-3-16(4-7-17)5-8-18(22)20-11-14-21-12-9-19-10-13-21;/h3-4,6-7,19H,2,5,8-15H2,1H3,(H,20,22);1H. The van der Waals surface area contributed by atoms with Crippen molar-refractivity contribution in [2.24, 2.45) is 0 Å². The number of piperazine rings is 1. The highest BCUT2D eigenvalue weighted by molar-refractivity contribution is 5.85. The van der Waals surface area contributed by atoms with Crippen LogP contribution in [0.4, 0.5) is 0 Å². The molecule has 0 unspecified atom stereocenters. The van der Waals surface area contributed by atoms with E-state index in [1.807, 2.05) is 24.3 Å². The molecule has 1 aliphatic heterocycles. The van der Waals surface area contributed by atoms with Crippen molar-refractivity contribution in [2.75, 3.05) is 45.9 Å². The van der Waals surface area contributed by atoms with Gasteiger partial charge in [0.2, 0.25) is 5.91 Å². The van der Waals surface area contributed by atoms with E-state index in [0.29, 0.717) is 6.42 Å². The molecule has 136 valence electrons. The second kappa shape index (κ2) is 12.1. The summed E-state index contributed by atoms with van der Waals surface area (Å²) in [6.45, 7) is 8.76. The normalized spacial score (nSPS) is 14.7. The predicted octanol–water partition coefficient (Wildman–Crippen LogP) is 1.85. The van der Waals surface area contributed by atoms with Crippen molar-refractivity contribution in [3.63, 3.8) is 0 Å². The highest BCUT2D eigenvalue weighted by atomic mass is 35.5. The molecule has 24 heavy (non-hydrogen) atoms. The van der Waals surface area contributed by atoms with Gasteiger partial charge in [-0.25, -0.2) is 0 Å². The Balaban J connectivity index is 0.00000288. The smallest absolute Gasteiger partial charge is 0.220 e. The maximum Gasteiger partial charge on any atom is 0.220 e. The fourth-order valence-corrected chi connectivity index (χ4v) is 2.61. The van der Waals surface area contributed by atoms with Gasteiger partial charge in [0, 0.05) is 45.7 Å². The fourth-order valence-electron chi connectivity index (χ4n) is 2.61. The van der Waals surface area contributed by atoms with Crippen molar-refractivity contribution >= 4 is 18.3 Å². The summed E-state index contributed by atoms with van der Waals surface area (Å²) in [4.78, 5) is 14.3. The SMILES string of the molecule is CCCOc1ccc(CCC(=O)NCCN2CCNCC2)cc1.Cl. The average Bonchev–Trinajstić information content (AvgIpc) is 2.60. The van der Waals surface area contributed by atoms with E-state index in [4.69, 9.17) is 4.74 Å². The van der Waals surface area contributed by atoms with E-state index in [0.717, 1.165) is 64.5 Å². The number of ether oxygens (including phenoxy) is 1. The van der Waals surface area contributed by atoms with Gasteiger partial charge in [0.05, 0.1) is 6.61 Å². The minimum absolute atomic E-state index is 0. The summed E-state index contributed by atoms with van der Waals surface area (Å²) >= 11 is 0. The van der Waals surface area contributed by atoms with Gasteiger partial charge in [-0.3, -0.25) is 9.69 Å². The highest BCUT2D eigenvalue weighted by Crippen LogP contribution is 2.13. The number of amides is 1. The van der Waals surface area contributed by atoms with Crippen LogP contribution in [0.1, 0.15) is 25.3 Å². The minimum Gasteiger partial charge on any atom is -0.494 e. The number of hydrogen-bond donors (Lipinski definition) is 2. The van der Waals surface area contributed by atoms with Crippen LogP contribution in [0, 0.1) is 0 Å². The maximum atomic E-state index is 11.9. The number of nitrogens with zero attached hydrogens (tertiary/aromatic N) is 1. The molecule has 0 radical (unpaired) electrons. The van der Waals surface area contributed by atoms with Crippen molar-refractivity contribution in [3.8, 4) is 5.75 Å². The summed E-state index contributed by atoms with van der Waals surface area (Å²) in [6, 6.07) is 8.04. The van der Waals surface area contributed by atoms with Crippen LogP contribution in [-0.2, 0) is 11.2 Å². The van der Waals surface area contributed by atoms with Gasteiger partial charge < -0.3 is 15.4 Å². The number of nitrogens with one attached hydrogen (secondary N) is 2. The largest absolute Gasteiger partial charge is 0.494 e. The molecule has 0 bridgehead atoms. The van der Waals surface area contributed by atoms with Gasteiger partial charge in [-0.05, 0) is 30.5 Å². The van der Waals surface area contributed by atoms with Crippen molar-refractivity contribution in [1.82, 2.24) is 15.5 Å². The van der Waals surface area contributed by atoms with Crippen molar-refractivity contribution in [2.45, 2.75) is 26.2 Å². The van der Waals surface area contributed by atoms with Crippen LogP contribution >= 0.6 is 12.4 Å². The van der Waals surface area contributed by atoms with Crippen molar-refractivity contribution in [3.05, 3.63) is 29.8 Å². The van der Waals surface area contributed by atoms with Crippen LogP contribution < -0.4 is 15.4 Å². The molecule has 0 aromatic heterocycles. The zero-order chi connectivity index (χ0) is 16.3. The fraction of sp³-hybridized carbons (Fsp3) is 0.611. The molecule has 1 saturated heterocycles. The monoisotopic (exact) mass is 355 g/mol. The van der Waals surface area contributed by atoms with Crippen LogP contribution in [0.5, 0.6) is 5.75 Å². The zero-order valence-electron chi connectivity index (χ0n) is 14.6. The Labute approximate surface area is 151 Å². The van der Waals surface area contributed by atoms with E-state index in [-0.39, 0.29) is 18.3 Å². The average molecular weight is 356 g/mol. The molecule has 1 aromatic carbocycles. The maximum absolute atomic E-state index is 11.9.